The van der Waals surface area contributed by atoms with Crippen LogP contribution in [0.2, 0.25) is 5.02 Å². The normalized spacial score (nSPS) is 20.9. The summed E-state index contributed by atoms with van der Waals surface area (Å²) in [5.74, 6) is 0.0446. The second-order valence-corrected chi connectivity index (χ2v) is 8.15. The smallest absolute Gasteiger partial charge is 0.257 e. The van der Waals surface area contributed by atoms with Crippen molar-refractivity contribution in [2.24, 2.45) is 12.1 Å². The molecule has 1 atom stereocenters. The Hall–Kier alpha value is -2.15. The van der Waals surface area contributed by atoms with Crippen LogP contribution in [0.5, 0.6) is 0 Å². The number of nitrogens with zero attached hydrogens (tertiary/aromatic N) is 5. The molecule has 0 aliphatic carbocycles. The lowest BCUT2D eigenvalue weighted by Crippen LogP contribution is -2.49. The van der Waals surface area contributed by atoms with Crippen molar-refractivity contribution >= 4 is 23.2 Å². The molecule has 154 valence electrons. The molecule has 0 saturated carbocycles. The Morgan fingerprint density at radius 3 is 2.48 bits per heavy atom. The summed E-state index contributed by atoms with van der Waals surface area (Å²) in [5.41, 5.74) is 2.85. The predicted octanol–water partition coefficient (Wildman–Crippen LogP) is 2.99. The minimum absolute atomic E-state index is 0.0446. The highest BCUT2D eigenvalue weighted by molar-refractivity contribution is 6.34. The zero-order valence-corrected chi connectivity index (χ0v) is 17.8. The van der Waals surface area contributed by atoms with Gasteiger partial charge in [0.1, 0.15) is 6.04 Å². The van der Waals surface area contributed by atoms with Gasteiger partial charge in [-0.25, -0.2) is 5.01 Å². The van der Waals surface area contributed by atoms with Gasteiger partial charge in [0.05, 0.1) is 12.3 Å². The number of aromatic nitrogens is 1. The molecule has 29 heavy (non-hydrogen) atoms. The molecular weight excluding hydrogens is 386 g/mol. The molecule has 2 aromatic rings. The summed E-state index contributed by atoms with van der Waals surface area (Å²) >= 11 is 6.42. The second-order valence-electron chi connectivity index (χ2n) is 7.74. The molecule has 1 aromatic carbocycles. The molecule has 1 amide bonds. The van der Waals surface area contributed by atoms with Crippen LogP contribution in [-0.2, 0) is 11.8 Å². The van der Waals surface area contributed by atoms with Crippen molar-refractivity contribution in [2.45, 2.75) is 19.4 Å². The van der Waals surface area contributed by atoms with Crippen LogP contribution < -0.4 is 0 Å². The van der Waals surface area contributed by atoms with Crippen LogP contribution >= 0.6 is 11.6 Å². The van der Waals surface area contributed by atoms with Crippen molar-refractivity contribution < 1.29 is 4.79 Å². The molecule has 1 fully saturated rings. The van der Waals surface area contributed by atoms with E-state index in [4.69, 9.17) is 16.7 Å². The van der Waals surface area contributed by atoms with E-state index in [0.29, 0.717) is 18.0 Å². The van der Waals surface area contributed by atoms with Crippen LogP contribution in [0.25, 0.3) is 0 Å². The zero-order chi connectivity index (χ0) is 20.4. The molecule has 7 heteroatoms. The van der Waals surface area contributed by atoms with E-state index in [-0.39, 0.29) is 11.9 Å². The van der Waals surface area contributed by atoms with Crippen molar-refractivity contribution in [3.8, 4) is 0 Å². The maximum Gasteiger partial charge on any atom is 0.257 e. The van der Waals surface area contributed by atoms with Gasteiger partial charge in [0, 0.05) is 62.1 Å². The molecule has 6 nitrogen and oxygen atoms in total. The summed E-state index contributed by atoms with van der Waals surface area (Å²) in [7, 11) is 2.01. The molecule has 0 N–H and O–H groups in total. The summed E-state index contributed by atoms with van der Waals surface area (Å²) < 4.78 is 2.07. The fourth-order valence-corrected chi connectivity index (χ4v) is 4.42. The minimum atomic E-state index is -0.106. The van der Waals surface area contributed by atoms with Crippen LogP contribution in [0, 0.1) is 0 Å². The number of carbonyl (C=O) groups excluding carboxylic acids is 1. The summed E-state index contributed by atoms with van der Waals surface area (Å²) in [6.45, 7) is 7.51. The fraction of sp³-hybridized carbons (Fsp3) is 0.455. The number of rotatable bonds is 5. The predicted molar refractivity (Wildman–Crippen MR) is 116 cm³/mol. The molecule has 0 radical (unpaired) electrons. The fourth-order valence-electron chi connectivity index (χ4n) is 4.18. The molecule has 4 rings (SSSR count). The lowest BCUT2D eigenvalue weighted by atomic mass is 10.0. The van der Waals surface area contributed by atoms with Gasteiger partial charge in [0.25, 0.3) is 5.91 Å². The van der Waals surface area contributed by atoms with Crippen LogP contribution in [0.15, 0.2) is 47.7 Å². The third kappa shape index (κ3) is 4.25. The summed E-state index contributed by atoms with van der Waals surface area (Å²) in [5, 5.41) is 7.11. The average molecular weight is 414 g/mol. The number of aryl methyl sites for hydroxylation is 1. The monoisotopic (exact) mass is 413 g/mol. The van der Waals surface area contributed by atoms with Crippen LogP contribution in [0.3, 0.4) is 0 Å². The van der Waals surface area contributed by atoms with Crippen LogP contribution in [-0.4, -0.2) is 70.3 Å². The molecule has 2 aliphatic heterocycles. The Kier molecular flexibility index (Phi) is 6.04. The number of hydrazone groups is 1. The molecule has 0 spiro atoms. The van der Waals surface area contributed by atoms with Crippen molar-refractivity contribution in [2.75, 3.05) is 39.3 Å². The van der Waals surface area contributed by atoms with E-state index in [1.165, 1.54) is 0 Å². The van der Waals surface area contributed by atoms with Gasteiger partial charge in [-0.15, -0.1) is 0 Å². The Bertz CT molecular complexity index is 900. The third-order valence-corrected chi connectivity index (χ3v) is 6.28. The first-order valence-corrected chi connectivity index (χ1v) is 10.6. The van der Waals surface area contributed by atoms with Crippen LogP contribution in [0.1, 0.15) is 30.6 Å². The van der Waals surface area contributed by atoms with E-state index >= 15 is 0 Å². The second kappa shape index (κ2) is 8.69. The molecular formula is C22H28ClN5O. The molecule has 2 aliphatic rings. The number of benzene rings is 1. The van der Waals surface area contributed by atoms with Crippen LogP contribution in [0.4, 0.5) is 0 Å². The third-order valence-electron chi connectivity index (χ3n) is 5.95. The standard InChI is InChI=1S/C22H28ClN5O/c1-3-26-11-13-27(14-12-26)16-22(29)28-21(20-9-6-10-25(20)2)15-19(24-28)17-7-4-5-8-18(17)23/h4-10,21H,3,11-16H2,1-2H3/t21-/m0/s1. The molecule has 0 unspecified atom stereocenters. The molecule has 0 bridgehead atoms. The number of hydrogen-bond donors (Lipinski definition) is 0. The summed E-state index contributed by atoms with van der Waals surface area (Å²) in [4.78, 5) is 17.9. The molecule has 1 saturated heterocycles. The van der Waals surface area contributed by atoms with Gasteiger partial charge in [-0.2, -0.15) is 5.10 Å². The average Bonchev–Trinajstić information content (AvgIpc) is 3.35. The topological polar surface area (TPSA) is 44.1 Å². The highest BCUT2D eigenvalue weighted by atomic mass is 35.5. The lowest BCUT2D eigenvalue weighted by molar-refractivity contribution is -0.134. The first-order valence-electron chi connectivity index (χ1n) is 10.3. The van der Waals surface area contributed by atoms with Gasteiger partial charge in [0.2, 0.25) is 0 Å². The van der Waals surface area contributed by atoms with E-state index < -0.39 is 0 Å². The summed E-state index contributed by atoms with van der Waals surface area (Å²) in [6, 6.07) is 11.7. The van der Waals surface area contributed by atoms with Crippen molar-refractivity contribution in [3.05, 3.63) is 58.9 Å². The first kappa shape index (κ1) is 20.1. The minimum Gasteiger partial charge on any atom is -0.353 e. The highest BCUT2D eigenvalue weighted by Crippen LogP contribution is 2.34. The first-order chi connectivity index (χ1) is 14.1. The maximum atomic E-state index is 13.3. The van der Waals surface area contributed by atoms with Gasteiger partial charge in [-0.3, -0.25) is 9.69 Å². The highest BCUT2D eigenvalue weighted by Gasteiger charge is 2.35. The number of halogens is 1. The van der Waals surface area contributed by atoms with E-state index in [1.54, 1.807) is 5.01 Å². The summed E-state index contributed by atoms with van der Waals surface area (Å²) in [6.07, 6.45) is 2.67. The van der Waals surface area contributed by atoms with Gasteiger partial charge in [0.15, 0.2) is 0 Å². The Balaban J connectivity index is 1.56. The number of likely N-dealkylation sites (N-methyl/N-ethyl adjacent to an activating group) is 1. The number of hydrogen-bond acceptors (Lipinski definition) is 4. The molecule has 1 aromatic heterocycles. The van der Waals surface area contributed by atoms with Gasteiger partial charge in [-0.05, 0) is 24.7 Å². The Morgan fingerprint density at radius 1 is 1.10 bits per heavy atom. The zero-order valence-electron chi connectivity index (χ0n) is 17.1. The van der Waals surface area contributed by atoms with Crippen molar-refractivity contribution in [1.29, 1.82) is 0 Å². The number of piperazine rings is 1. The Labute approximate surface area is 177 Å². The molecule has 3 heterocycles. The lowest BCUT2D eigenvalue weighted by Gasteiger charge is -2.34. The van der Waals surface area contributed by atoms with E-state index in [9.17, 15) is 4.79 Å². The maximum absolute atomic E-state index is 13.3. The van der Waals surface area contributed by atoms with Gasteiger partial charge < -0.3 is 9.47 Å². The SMILES string of the molecule is CCN1CCN(CC(=O)N2N=C(c3ccccc3Cl)C[C@H]2c2cccn2C)CC1. The largest absolute Gasteiger partial charge is 0.353 e. The Morgan fingerprint density at radius 2 is 1.83 bits per heavy atom. The van der Waals surface area contributed by atoms with E-state index in [1.807, 2.05) is 43.6 Å². The quantitative estimate of drug-likeness (QED) is 0.756. The number of amides is 1. The van der Waals surface area contributed by atoms with Gasteiger partial charge in [-0.1, -0.05) is 36.7 Å². The van der Waals surface area contributed by atoms with E-state index in [2.05, 4.69) is 27.4 Å². The number of carbonyl (C=O) groups is 1. The van der Waals surface area contributed by atoms with Gasteiger partial charge >= 0.3 is 0 Å². The van der Waals surface area contributed by atoms with E-state index in [0.717, 1.165) is 49.7 Å². The van der Waals surface area contributed by atoms with Crippen molar-refractivity contribution in [3.63, 3.8) is 0 Å². The van der Waals surface area contributed by atoms with Crippen molar-refractivity contribution in [1.82, 2.24) is 19.4 Å².